The number of carbonyl (C=O) groups excluding carboxylic acids is 2. The fourth-order valence-electron chi connectivity index (χ4n) is 3.99. The monoisotopic (exact) mass is 498 g/mol. The van der Waals surface area contributed by atoms with Gasteiger partial charge in [0.25, 0.3) is 0 Å². The number of benzene rings is 3. The van der Waals surface area contributed by atoms with Crippen LogP contribution in [-0.4, -0.2) is 22.0 Å². The molecular formula is C30H30N2O3S. The molecule has 1 aromatic heterocycles. The van der Waals surface area contributed by atoms with E-state index in [1.807, 2.05) is 90.6 Å². The zero-order chi connectivity index (χ0) is 25.7. The van der Waals surface area contributed by atoms with Gasteiger partial charge in [-0.05, 0) is 66.8 Å². The van der Waals surface area contributed by atoms with Crippen molar-refractivity contribution in [3.05, 3.63) is 95.7 Å². The number of aromatic nitrogens is 1. The number of para-hydroxylation sites is 1. The van der Waals surface area contributed by atoms with Crippen LogP contribution in [0.4, 0.5) is 0 Å². The Bertz CT molecular complexity index is 1400. The maximum atomic E-state index is 13.2. The third-order valence-electron chi connectivity index (χ3n) is 5.92. The molecule has 0 fully saturated rings. The van der Waals surface area contributed by atoms with Crippen LogP contribution in [0.3, 0.4) is 0 Å². The number of nitrogens with zero attached hydrogens (tertiary/aromatic N) is 2. The summed E-state index contributed by atoms with van der Waals surface area (Å²) in [6, 6.07) is 23.8. The molecule has 0 bridgehead atoms. The Morgan fingerprint density at radius 3 is 2.14 bits per heavy atom. The summed E-state index contributed by atoms with van der Waals surface area (Å²) in [5.41, 5.74) is 4.14. The molecule has 0 aliphatic rings. The van der Waals surface area contributed by atoms with Gasteiger partial charge in [-0.1, -0.05) is 61.1 Å². The highest BCUT2D eigenvalue weighted by Gasteiger charge is 2.15. The highest BCUT2D eigenvalue weighted by atomic mass is 32.2. The Morgan fingerprint density at radius 2 is 1.53 bits per heavy atom. The van der Waals surface area contributed by atoms with Gasteiger partial charge in [0.05, 0.1) is 5.71 Å². The number of aryl methyl sites for hydroxylation is 1. The first-order valence-corrected chi connectivity index (χ1v) is 12.8. The van der Waals surface area contributed by atoms with Crippen molar-refractivity contribution in [2.24, 2.45) is 18.1 Å². The zero-order valence-corrected chi connectivity index (χ0v) is 21.8. The van der Waals surface area contributed by atoms with Gasteiger partial charge in [-0.25, -0.2) is 4.79 Å². The lowest BCUT2D eigenvalue weighted by Gasteiger charge is -2.09. The maximum Gasteiger partial charge on any atom is 0.331 e. The third-order valence-corrected chi connectivity index (χ3v) is 6.94. The lowest BCUT2D eigenvalue weighted by atomic mass is 10.0. The van der Waals surface area contributed by atoms with Crippen molar-refractivity contribution in [2.45, 2.75) is 43.4 Å². The van der Waals surface area contributed by atoms with E-state index in [0.29, 0.717) is 17.0 Å². The number of ketones is 1. The molecule has 184 valence electrons. The molecule has 36 heavy (non-hydrogen) atoms. The Labute approximate surface area is 216 Å². The van der Waals surface area contributed by atoms with E-state index >= 15 is 0 Å². The SMILES string of the molecule is CC(=O)ON=C(CCC(C)C)c1ccc(Sc2ccc(C(=O)c3cn(C)c4ccccc34)cc2)cc1. The summed E-state index contributed by atoms with van der Waals surface area (Å²) in [6.45, 7) is 5.67. The Kier molecular flexibility index (Phi) is 8.06. The van der Waals surface area contributed by atoms with Crippen LogP contribution in [0.15, 0.2) is 93.9 Å². The molecule has 3 aromatic carbocycles. The van der Waals surface area contributed by atoms with E-state index < -0.39 is 5.97 Å². The second kappa shape index (κ2) is 11.4. The zero-order valence-electron chi connectivity index (χ0n) is 21.0. The van der Waals surface area contributed by atoms with Gasteiger partial charge in [0, 0.05) is 52.0 Å². The second-order valence-electron chi connectivity index (χ2n) is 9.20. The molecule has 5 nitrogen and oxygen atoms in total. The molecule has 0 aliphatic carbocycles. The van der Waals surface area contributed by atoms with Gasteiger partial charge in [-0.2, -0.15) is 0 Å². The summed E-state index contributed by atoms with van der Waals surface area (Å²) < 4.78 is 1.99. The van der Waals surface area contributed by atoms with Crippen LogP contribution in [0.2, 0.25) is 0 Å². The van der Waals surface area contributed by atoms with Crippen LogP contribution in [0.1, 0.15) is 55.1 Å². The minimum Gasteiger partial charge on any atom is -0.350 e. The van der Waals surface area contributed by atoms with Crippen molar-refractivity contribution in [3.63, 3.8) is 0 Å². The molecule has 0 amide bonds. The van der Waals surface area contributed by atoms with E-state index in [9.17, 15) is 9.59 Å². The Morgan fingerprint density at radius 1 is 0.917 bits per heavy atom. The van der Waals surface area contributed by atoms with Crippen molar-refractivity contribution in [2.75, 3.05) is 0 Å². The molecule has 6 heteroatoms. The molecule has 0 atom stereocenters. The second-order valence-corrected chi connectivity index (χ2v) is 10.4. The molecule has 0 N–H and O–H groups in total. The quantitative estimate of drug-likeness (QED) is 0.105. The summed E-state index contributed by atoms with van der Waals surface area (Å²) in [5, 5.41) is 5.04. The fraction of sp³-hybridized carbons (Fsp3) is 0.233. The van der Waals surface area contributed by atoms with E-state index in [1.165, 1.54) is 6.92 Å². The molecule has 4 aromatic rings. The first kappa shape index (κ1) is 25.5. The van der Waals surface area contributed by atoms with Crippen LogP contribution >= 0.6 is 11.8 Å². The first-order chi connectivity index (χ1) is 17.3. The van der Waals surface area contributed by atoms with Gasteiger partial charge in [0.2, 0.25) is 0 Å². The van der Waals surface area contributed by atoms with Crippen molar-refractivity contribution < 1.29 is 14.4 Å². The standard InChI is InChI=1S/C30H30N2O3S/c1-20(2)9-18-28(31-35-21(3)33)22-10-14-24(15-11-22)36-25-16-12-23(13-17-25)30(34)27-19-32(4)29-8-6-5-7-26(27)29/h5-8,10-17,19-20H,9,18H2,1-4H3. The largest absolute Gasteiger partial charge is 0.350 e. The molecule has 4 rings (SSSR count). The summed E-state index contributed by atoms with van der Waals surface area (Å²) >= 11 is 1.63. The van der Waals surface area contributed by atoms with Crippen LogP contribution in [-0.2, 0) is 16.7 Å². The predicted octanol–water partition coefficient (Wildman–Crippen LogP) is 7.26. The molecule has 1 heterocycles. The van der Waals surface area contributed by atoms with Crippen LogP contribution in [0, 0.1) is 5.92 Å². The molecule has 0 spiro atoms. The average molecular weight is 499 g/mol. The van der Waals surface area contributed by atoms with Crippen molar-refractivity contribution in [1.29, 1.82) is 0 Å². The number of hydrogen-bond donors (Lipinski definition) is 0. The van der Waals surface area contributed by atoms with E-state index in [-0.39, 0.29) is 5.78 Å². The number of fused-ring (bicyclic) bond motifs is 1. The summed E-state index contributed by atoms with van der Waals surface area (Å²) in [5.74, 6) is 0.123. The highest BCUT2D eigenvalue weighted by molar-refractivity contribution is 7.99. The number of hydrogen-bond acceptors (Lipinski definition) is 5. The van der Waals surface area contributed by atoms with E-state index in [0.717, 1.165) is 44.8 Å². The molecule has 0 saturated carbocycles. The number of oxime groups is 1. The molecule has 0 aliphatic heterocycles. The molecule has 0 radical (unpaired) electrons. The van der Waals surface area contributed by atoms with Crippen molar-refractivity contribution in [3.8, 4) is 0 Å². The minimum absolute atomic E-state index is 0.0219. The van der Waals surface area contributed by atoms with Gasteiger partial charge in [0.15, 0.2) is 5.78 Å². The van der Waals surface area contributed by atoms with E-state index in [4.69, 9.17) is 4.84 Å². The van der Waals surface area contributed by atoms with Crippen LogP contribution in [0.5, 0.6) is 0 Å². The highest BCUT2D eigenvalue weighted by Crippen LogP contribution is 2.29. The Balaban J connectivity index is 1.46. The van der Waals surface area contributed by atoms with Crippen LogP contribution < -0.4 is 0 Å². The fourth-order valence-corrected chi connectivity index (χ4v) is 4.81. The maximum absolute atomic E-state index is 13.2. The third kappa shape index (κ3) is 6.13. The lowest BCUT2D eigenvalue weighted by Crippen LogP contribution is -2.06. The number of rotatable bonds is 9. The number of carbonyl (C=O) groups is 2. The van der Waals surface area contributed by atoms with Gasteiger partial charge in [-0.15, -0.1) is 0 Å². The van der Waals surface area contributed by atoms with E-state index in [1.54, 1.807) is 11.8 Å². The van der Waals surface area contributed by atoms with E-state index in [2.05, 4.69) is 19.0 Å². The van der Waals surface area contributed by atoms with Crippen LogP contribution in [0.25, 0.3) is 10.9 Å². The minimum atomic E-state index is -0.424. The average Bonchev–Trinajstić information content (AvgIpc) is 3.21. The van der Waals surface area contributed by atoms with Gasteiger partial charge >= 0.3 is 5.97 Å². The molecule has 0 unspecified atom stereocenters. The first-order valence-electron chi connectivity index (χ1n) is 12.0. The smallest absolute Gasteiger partial charge is 0.331 e. The van der Waals surface area contributed by atoms with Gasteiger partial charge in [-0.3, -0.25) is 4.79 Å². The van der Waals surface area contributed by atoms with Gasteiger partial charge in [0.1, 0.15) is 0 Å². The summed E-state index contributed by atoms with van der Waals surface area (Å²) in [4.78, 5) is 31.4. The predicted molar refractivity (Wildman–Crippen MR) is 146 cm³/mol. The lowest BCUT2D eigenvalue weighted by molar-refractivity contribution is -0.140. The van der Waals surface area contributed by atoms with Crippen molar-refractivity contribution in [1.82, 2.24) is 4.57 Å². The Hall–Kier alpha value is -3.64. The normalized spacial score (nSPS) is 11.8. The van der Waals surface area contributed by atoms with Crippen molar-refractivity contribution >= 4 is 40.1 Å². The summed E-state index contributed by atoms with van der Waals surface area (Å²) in [6.07, 6.45) is 3.60. The summed E-state index contributed by atoms with van der Waals surface area (Å²) in [7, 11) is 1.96. The molecular weight excluding hydrogens is 468 g/mol. The topological polar surface area (TPSA) is 60.7 Å². The molecule has 0 saturated heterocycles. The van der Waals surface area contributed by atoms with Gasteiger partial charge < -0.3 is 9.40 Å².